The number of rotatable bonds is 6. The molecule has 0 saturated carbocycles. The number of hydrogen-bond acceptors (Lipinski definition) is 4. The number of imide groups is 1. The van der Waals surface area contributed by atoms with Gasteiger partial charge in [0.1, 0.15) is 17.8 Å². The van der Waals surface area contributed by atoms with Gasteiger partial charge in [0.15, 0.2) is 0 Å². The summed E-state index contributed by atoms with van der Waals surface area (Å²) in [6.07, 6.45) is -4.84. The molecule has 1 saturated heterocycles. The first-order valence-electron chi connectivity index (χ1n) is 8.89. The van der Waals surface area contributed by atoms with Gasteiger partial charge in [0.05, 0.1) is 0 Å². The number of carbonyl (C=O) groups is 3. The zero-order valence-electron chi connectivity index (χ0n) is 15.8. The van der Waals surface area contributed by atoms with Crippen molar-refractivity contribution in [1.29, 1.82) is 0 Å². The highest BCUT2D eigenvalue weighted by atomic mass is 19.4. The van der Waals surface area contributed by atoms with Crippen LogP contribution in [-0.4, -0.2) is 35.7 Å². The Kier molecular flexibility index (Phi) is 5.68. The molecule has 2 aromatic rings. The lowest BCUT2D eigenvalue weighted by atomic mass is 9.92. The van der Waals surface area contributed by atoms with Gasteiger partial charge in [0.25, 0.3) is 5.91 Å². The van der Waals surface area contributed by atoms with Crippen molar-refractivity contribution in [1.82, 2.24) is 15.5 Å². The minimum atomic E-state index is -4.84. The van der Waals surface area contributed by atoms with Crippen LogP contribution in [0.4, 0.5) is 18.0 Å². The predicted molar refractivity (Wildman–Crippen MR) is 99.0 cm³/mol. The van der Waals surface area contributed by atoms with E-state index in [2.05, 4.69) is 15.4 Å². The molecule has 1 heterocycles. The van der Waals surface area contributed by atoms with Crippen LogP contribution in [0, 0.1) is 0 Å². The maximum Gasteiger partial charge on any atom is 0.573 e. The molecule has 0 spiro atoms. The minimum absolute atomic E-state index is 0.237. The van der Waals surface area contributed by atoms with Gasteiger partial charge in [-0.2, -0.15) is 0 Å². The number of benzene rings is 2. The topological polar surface area (TPSA) is 87.7 Å². The number of nitrogens with zero attached hydrogens (tertiary/aromatic N) is 1. The minimum Gasteiger partial charge on any atom is -0.406 e. The SMILES string of the molecule is CC1(c2ccc(OC(F)(F)F)cc2)NC(=O)N(CC(=O)NCc2ccccc2)C1=O. The number of alkyl halides is 3. The second kappa shape index (κ2) is 8.05. The zero-order chi connectivity index (χ0) is 21.9. The summed E-state index contributed by atoms with van der Waals surface area (Å²) in [4.78, 5) is 38.0. The Bertz CT molecular complexity index is 948. The van der Waals surface area contributed by atoms with Gasteiger partial charge in [-0.3, -0.25) is 14.5 Å². The van der Waals surface area contributed by atoms with Gasteiger partial charge >= 0.3 is 12.4 Å². The molecule has 7 nitrogen and oxygen atoms in total. The highest BCUT2D eigenvalue weighted by Crippen LogP contribution is 2.31. The Morgan fingerprint density at radius 3 is 2.33 bits per heavy atom. The Balaban J connectivity index is 1.66. The standard InChI is InChI=1S/C20H18F3N3O4/c1-19(14-7-9-15(10-8-14)30-20(21,22)23)17(28)26(18(29)25-19)12-16(27)24-11-13-5-3-2-4-6-13/h2-10H,11-12H2,1H3,(H,24,27)(H,25,29). The van der Waals surface area contributed by atoms with E-state index in [1.165, 1.54) is 19.1 Å². The lowest BCUT2D eigenvalue weighted by Gasteiger charge is -2.22. The van der Waals surface area contributed by atoms with Gasteiger partial charge in [-0.15, -0.1) is 13.2 Å². The smallest absolute Gasteiger partial charge is 0.406 e. The summed E-state index contributed by atoms with van der Waals surface area (Å²) in [5, 5.41) is 5.12. The normalized spacial score (nSPS) is 18.9. The zero-order valence-corrected chi connectivity index (χ0v) is 15.8. The second-order valence-electron chi connectivity index (χ2n) is 6.78. The molecule has 1 atom stereocenters. The van der Waals surface area contributed by atoms with E-state index in [0.29, 0.717) is 0 Å². The first kappa shape index (κ1) is 21.2. The van der Waals surface area contributed by atoms with Crippen LogP contribution in [0.5, 0.6) is 5.75 Å². The number of carbonyl (C=O) groups excluding carboxylic acids is 3. The first-order chi connectivity index (χ1) is 14.1. The quantitative estimate of drug-likeness (QED) is 0.702. The van der Waals surface area contributed by atoms with Crippen LogP contribution in [0.25, 0.3) is 0 Å². The Morgan fingerprint density at radius 2 is 1.73 bits per heavy atom. The predicted octanol–water partition coefficient (Wildman–Crippen LogP) is 2.67. The summed E-state index contributed by atoms with van der Waals surface area (Å²) in [5.41, 5.74) is -0.412. The molecule has 1 aliphatic heterocycles. The van der Waals surface area contributed by atoms with Crippen LogP contribution in [0.3, 0.4) is 0 Å². The summed E-state index contributed by atoms with van der Waals surface area (Å²) < 4.78 is 40.7. The van der Waals surface area contributed by atoms with Gasteiger partial charge in [0.2, 0.25) is 5.91 Å². The number of nitrogens with one attached hydrogen (secondary N) is 2. The number of ether oxygens (including phenoxy) is 1. The maximum absolute atomic E-state index is 12.8. The fraction of sp³-hybridized carbons (Fsp3) is 0.250. The van der Waals surface area contributed by atoms with E-state index < -0.39 is 42.0 Å². The third-order valence-electron chi connectivity index (χ3n) is 4.57. The monoisotopic (exact) mass is 421 g/mol. The average Bonchev–Trinajstić information content (AvgIpc) is 2.90. The molecule has 3 rings (SSSR count). The highest BCUT2D eigenvalue weighted by molar-refractivity contribution is 6.09. The fourth-order valence-electron chi connectivity index (χ4n) is 3.02. The molecule has 2 aromatic carbocycles. The second-order valence-corrected chi connectivity index (χ2v) is 6.78. The van der Waals surface area contributed by atoms with Crippen molar-refractivity contribution in [2.24, 2.45) is 0 Å². The largest absolute Gasteiger partial charge is 0.573 e. The molecular formula is C20H18F3N3O4. The molecule has 158 valence electrons. The summed E-state index contributed by atoms with van der Waals surface area (Å²) in [5.74, 6) is -1.67. The van der Waals surface area contributed by atoms with E-state index in [4.69, 9.17) is 0 Å². The molecule has 0 radical (unpaired) electrons. The van der Waals surface area contributed by atoms with E-state index in [0.717, 1.165) is 22.6 Å². The van der Waals surface area contributed by atoms with E-state index in [9.17, 15) is 27.6 Å². The van der Waals surface area contributed by atoms with Crippen LogP contribution in [0.1, 0.15) is 18.1 Å². The van der Waals surface area contributed by atoms with Crippen molar-refractivity contribution >= 4 is 17.8 Å². The van der Waals surface area contributed by atoms with Crippen LogP contribution in [-0.2, 0) is 21.7 Å². The molecule has 1 aliphatic rings. The summed E-state index contributed by atoms with van der Waals surface area (Å²) in [6.45, 7) is 1.17. The van der Waals surface area contributed by atoms with Gasteiger partial charge < -0.3 is 15.4 Å². The maximum atomic E-state index is 12.8. The summed E-state index contributed by atoms with van der Waals surface area (Å²) >= 11 is 0. The molecule has 0 aliphatic carbocycles. The molecule has 1 unspecified atom stereocenters. The Labute approximate surface area is 169 Å². The molecule has 1 fully saturated rings. The van der Waals surface area contributed by atoms with Crippen molar-refractivity contribution < 1.29 is 32.3 Å². The molecular weight excluding hydrogens is 403 g/mol. The van der Waals surface area contributed by atoms with E-state index >= 15 is 0 Å². The summed E-state index contributed by atoms with van der Waals surface area (Å²) in [7, 11) is 0. The van der Waals surface area contributed by atoms with Crippen molar-refractivity contribution in [3.05, 3.63) is 65.7 Å². The van der Waals surface area contributed by atoms with E-state index in [1.54, 1.807) is 0 Å². The highest BCUT2D eigenvalue weighted by Gasteiger charge is 2.49. The first-order valence-corrected chi connectivity index (χ1v) is 8.89. The van der Waals surface area contributed by atoms with E-state index in [-0.39, 0.29) is 12.1 Å². The van der Waals surface area contributed by atoms with Gasteiger partial charge in [-0.25, -0.2) is 4.79 Å². The van der Waals surface area contributed by atoms with Gasteiger partial charge in [-0.1, -0.05) is 42.5 Å². The van der Waals surface area contributed by atoms with E-state index in [1.807, 2.05) is 30.3 Å². The number of halogens is 3. The fourth-order valence-corrected chi connectivity index (χ4v) is 3.02. The van der Waals surface area contributed by atoms with Crippen molar-refractivity contribution in [2.75, 3.05) is 6.54 Å². The molecule has 4 amide bonds. The molecule has 30 heavy (non-hydrogen) atoms. The summed E-state index contributed by atoms with van der Waals surface area (Å²) in [6, 6.07) is 12.9. The Hall–Kier alpha value is -3.56. The Morgan fingerprint density at radius 1 is 1.10 bits per heavy atom. The van der Waals surface area contributed by atoms with Gasteiger partial charge in [0, 0.05) is 6.54 Å². The molecule has 10 heteroatoms. The van der Waals surface area contributed by atoms with Crippen LogP contribution < -0.4 is 15.4 Å². The lowest BCUT2D eigenvalue weighted by Crippen LogP contribution is -2.43. The molecule has 2 N–H and O–H groups in total. The third-order valence-corrected chi connectivity index (χ3v) is 4.57. The van der Waals surface area contributed by atoms with Crippen molar-refractivity contribution in [2.45, 2.75) is 25.4 Å². The van der Waals surface area contributed by atoms with Gasteiger partial charge in [-0.05, 0) is 30.2 Å². The number of hydrogen-bond donors (Lipinski definition) is 2. The molecule has 0 bridgehead atoms. The number of amides is 4. The van der Waals surface area contributed by atoms with Crippen LogP contribution >= 0.6 is 0 Å². The molecule has 0 aromatic heterocycles. The number of urea groups is 1. The van der Waals surface area contributed by atoms with Crippen molar-refractivity contribution in [3.63, 3.8) is 0 Å². The van der Waals surface area contributed by atoms with Crippen LogP contribution in [0.15, 0.2) is 54.6 Å². The lowest BCUT2D eigenvalue weighted by molar-refractivity contribution is -0.274. The van der Waals surface area contributed by atoms with Crippen molar-refractivity contribution in [3.8, 4) is 5.75 Å². The third kappa shape index (κ3) is 4.70. The van der Waals surface area contributed by atoms with Crippen LogP contribution in [0.2, 0.25) is 0 Å². The average molecular weight is 421 g/mol.